The van der Waals surface area contributed by atoms with Gasteiger partial charge in [-0.15, -0.1) is 0 Å². The van der Waals surface area contributed by atoms with Gasteiger partial charge < -0.3 is 9.47 Å². The predicted octanol–water partition coefficient (Wildman–Crippen LogP) is 0.992. The highest BCUT2D eigenvalue weighted by Gasteiger charge is 2.56. The predicted molar refractivity (Wildman–Crippen MR) is 38.3 cm³/mol. The quantitative estimate of drug-likeness (QED) is 0.438. The first-order valence-corrected chi connectivity index (χ1v) is 4.22. The van der Waals surface area contributed by atoms with Crippen molar-refractivity contribution in [2.45, 2.75) is 37.4 Å². The van der Waals surface area contributed by atoms with Crippen LogP contribution in [0.2, 0.25) is 0 Å². The zero-order chi connectivity index (χ0) is 10.4. The third kappa shape index (κ3) is 1.56. The molecule has 4 nitrogen and oxygen atoms in total. The molecule has 0 atom stereocenters. The molecule has 78 valence electrons. The second kappa shape index (κ2) is 2.65. The smallest absolute Gasteiger partial charge is 0.320 e. The van der Waals surface area contributed by atoms with Gasteiger partial charge in [0, 0.05) is 12.8 Å². The fraction of sp³-hybridized carbons (Fsp3) is 0.750. The molecule has 1 spiro atoms. The van der Waals surface area contributed by atoms with E-state index in [0.717, 1.165) is 0 Å². The van der Waals surface area contributed by atoms with Gasteiger partial charge in [0.25, 0.3) is 11.7 Å². The first-order valence-electron chi connectivity index (χ1n) is 4.22. The molecule has 0 aromatic rings. The molecule has 14 heavy (non-hydrogen) atoms. The van der Waals surface area contributed by atoms with Gasteiger partial charge in [-0.25, -0.2) is 8.78 Å². The zero-order valence-corrected chi connectivity index (χ0v) is 7.22. The Morgan fingerprint density at radius 3 is 2.07 bits per heavy atom. The largest absolute Gasteiger partial charge is 0.422 e. The molecule has 2 rings (SSSR count). The molecule has 6 heteroatoms. The topological polar surface area (TPSA) is 52.6 Å². The van der Waals surface area contributed by atoms with Crippen molar-refractivity contribution in [3.8, 4) is 0 Å². The monoisotopic (exact) mass is 206 g/mol. The molecule has 2 fully saturated rings. The lowest BCUT2D eigenvalue weighted by molar-refractivity contribution is -0.246. The lowest BCUT2D eigenvalue weighted by Crippen LogP contribution is -2.44. The number of ether oxygens (including phenoxy) is 2. The van der Waals surface area contributed by atoms with Gasteiger partial charge in [-0.05, 0) is 0 Å². The number of halogens is 2. The molecule has 1 saturated carbocycles. The van der Waals surface area contributed by atoms with Crippen molar-refractivity contribution in [2.24, 2.45) is 0 Å². The van der Waals surface area contributed by atoms with Gasteiger partial charge in [-0.1, -0.05) is 0 Å². The molecule has 0 unspecified atom stereocenters. The Kier molecular flexibility index (Phi) is 1.77. The number of rotatable bonds is 0. The second-order valence-corrected chi connectivity index (χ2v) is 3.57. The van der Waals surface area contributed by atoms with Gasteiger partial charge in [-0.2, -0.15) is 0 Å². The molecule has 0 radical (unpaired) electrons. The lowest BCUT2D eigenvalue weighted by Gasteiger charge is -2.31. The van der Waals surface area contributed by atoms with Crippen LogP contribution in [0.15, 0.2) is 0 Å². The van der Waals surface area contributed by atoms with Crippen molar-refractivity contribution < 1.29 is 27.8 Å². The van der Waals surface area contributed by atoms with Gasteiger partial charge in [0.15, 0.2) is 0 Å². The van der Waals surface area contributed by atoms with E-state index in [0.29, 0.717) is 0 Å². The first kappa shape index (κ1) is 9.36. The lowest BCUT2D eigenvalue weighted by atomic mass is 10.2. The molecule has 1 heterocycles. The molecule has 1 aliphatic carbocycles. The maximum Gasteiger partial charge on any atom is 0.320 e. The summed E-state index contributed by atoms with van der Waals surface area (Å²) in [6.07, 6.45) is -1.77. The standard InChI is InChI=1S/C8H8F2O4/c9-7(10)1-2-8(4-7)13-5(11)3-6(12)14-8/h1-4H2. The summed E-state index contributed by atoms with van der Waals surface area (Å²) in [4.78, 5) is 21.8. The SMILES string of the molecule is O=C1CC(=O)OC2(CCC(F)(F)C2)O1. The Balaban J connectivity index is 2.17. The summed E-state index contributed by atoms with van der Waals surface area (Å²) in [5, 5.41) is 0. The number of hydrogen-bond donors (Lipinski definition) is 0. The highest BCUT2D eigenvalue weighted by Crippen LogP contribution is 2.45. The van der Waals surface area contributed by atoms with E-state index in [1.54, 1.807) is 0 Å². The Morgan fingerprint density at radius 2 is 1.64 bits per heavy atom. The Bertz CT molecular complexity index is 284. The van der Waals surface area contributed by atoms with Crippen molar-refractivity contribution >= 4 is 11.9 Å². The normalized spacial score (nSPS) is 28.7. The van der Waals surface area contributed by atoms with E-state index in [4.69, 9.17) is 0 Å². The van der Waals surface area contributed by atoms with Gasteiger partial charge in [-0.3, -0.25) is 9.59 Å². The third-order valence-corrected chi connectivity index (χ3v) is 2.29. The van der Waals surface area contributed by atoms with Gasteiger partial charge in [0.05, 0.1) is 6.42 Å². The number of hydrogen-bond acceptors (Lipinski definition) is 4. The third-order valence-electron chi connectivity index (χ3n) is 2.29. The van der Waals surface area contributed by atoms with Crippen molar-refractivity contribution in [1.82, 2.24) is 0 Å². The summed E-state index contributed by atoms with van der Waals surface area (Å²) in [5.74, 6) is -6.20. The molecule has 0 bridgehead atoms. The Labute approximate surface area is 78.2 Å². The van der Waals surface area contributed by atoms with E-state index in [9.17, 15) is 18.4 Å². The fourth-order valence-corrected chi connectivity index (χ4v) is 1.74. The Hall–Kier alpha value is -1.20. The van der Waals surface area contributed by atoms with Crippen molar-refractivity contribution in [2.75, 3.05) is 0 Å². The molecule has 1 saturated heterocycles. The summed E-state index contributed by atoms with van der Waals surface area (Å²) in [5.41, 5.74) is 0. The minimum atomic E-state index is -2.92. The van der Waals surface area contributed by atoms with E-state index in [-0.39, 0.29) is 6.42 Å². The van der Waals surface area contributed by atoms with Crippen LogP contribution in [-0.2, 0) is 19.1 Å². The minimum Gasteiger partial charge on any atom is -0.422 e. The summed E-state index contributed by atoms with van der Waals surface area (Å²) in [7, 11) is 0. The van der Waals surface area contributed by atoms with Crippen molar-refractivity contribution in [3.63, 3.8) is 0 Å². The molecule has 0 amide bonds. The summed E-state index contributed by atoms with van der Waals surface area (Å²) >= 11 is 0. The molecule has 0 aromatic heterocycles. The molecular weight excluding hydrogens is 198 g/mol. The van der Waals surface area contributed by atoms with Crippen LogP contribution in [0.1, 0.15) is 25.7 Å². The van der Waals surface area contributed by atoms with Gasteiger partial charge in [0.1, 0.15) is 6.42 Å². The summed E-state index contributed by atoms with van der Waals surface area (Å²) in [6, 6.07) is 0. The second-order valence-electron chi connectivity index (χ2n) is 3.57. The van der Waals surface area contributed by atoms with E-state index in [2.05, 4.69) is 9.47 Å². The molecule has 2 aliphatic rings. The number of esters is 2. The van der Waals surface area contributed by atoms with Gasteiger partial charge in [0.2, 0.25) is 0 Å². The van der Waals surface area contributed by atoms with Crippen LogP contribution in [0.25, 0.3) is 0 Å². The van der Waals surface area contributed by atoms with Gasteiger partial charge >= 0.3 is 11.9 Å². The number of carbonyl (C=O) groups is 2. The highest BCUT2D eigenvalue weighted by atomic mass is 19.3. The molecular formula is C8H8F2O4. The minimum absolute atomic E-state index is 0.127. The zero-order valence-electron chi connectivity index (χ0n) is 7.22. The molecule has 0 aromatic carbocycles. The highest BCUT2D eigenvalue weighted by molar-refractivity contribution is 5.93. The van der Waals surface area contributed by atoms with Crippen LogP contribution in [-0.4, -0.2) is 23.6 Å². The average molecular weight is 206 g/mol. The maximum absolute atomic E-state index is 12.8. The Morgan fingerprint density at radius 1 is 1.07 bits per heavy atom. The maximum atomic E-state index is 12.8. The molecule has 1 aliphatic heterocycles. The van der Waals surface area contributed by atoms with Crippen molar-refractivity contribution in [3.05, 3.63) is 0 Å². The number of alkyl halides is 2. The van der Waals surface area contributed by atoms with Crippen LogP contribution in [0, 0.1) is 0 Å². The summed E-state index contributed by atoms with van der Waals surface area (Å²) < 4.78 is 35.0. The van der Waals surface area contributed by atoms with E-state index >= 15 is 0 Å². The van der Waals surface area contributed by atoms with Crippen LogP contribution in [0.4, 0.5) is 8.78 Å². The number of carbonyl (C=O) groups excluding carboxylic acids is 2. The van der Waals surface area contributed by atoms with Crippen LogP contribution in [0.5, 0.6) is 0 Å². The average Bonchev–Trinajstić information content (AvgIpc) is 2.23. The van der Waals surface area contributed by atoms with Crippen LogP contribution < -0.4 is 0 Å². The van der Waals surface area contributed by atoms with E-state index in [1.807, 2.05) is 0 Å². The van der Waals surface area contributed by atoms with Crippen LogP contribution >= 0.6 is 0 Å². The van der Waals surface area contributed by atoms with E-state index in [1.165, 1.54) is 0 Å². The summed E-state index contributed by atoms with van der Waals surface area (Å²) in [6.45, 7) is 0. The van der Waals surface area contributed by atoms with Crippen LogP contribution in [0.3, 0.4) is 0 Å². The first-order chi connectivity index (χ1) is 6.41. The van der Waals surface area contributed by atoms with E-state index < -0.39 is 42.9 Å². The molecule has 0 N–H and O–H groups in total. The fourth-order valence-electron chi connectivity index (χ4n) is 1.74. The van der Waals surface area contributed by atoms with Crippen molar-refractivity contribution in [1.29, 1.82) is 0 Å².